The fourth-order valence-electron chi connectivity index (χ4n) is 3.41. The van der Waals surface area contributed by atoms with E-state index in [9.17, 15) is 0 Å². The van der Waals surface area contributed by atoms with E-state index in [1.54, 1.807) is 0 Å². The van der Waals surface area contributed by atoms with Gasteiger partial charge in [0.15, 0.2) is 0 Å². The molecule has 1 heterocycles. The highest BCUT2D eigenvalue weighted by Crippen LogP contribution is 2.42. The zero-order valence-electron chi connectivity index (χ0n) is 13.2. The van der Waals surface area contributed by atoms with Gasteiger partial charge in [-0.25, -0.2) is 0 Å². The Balaban J connectivity index is 1.85. The first-order chi connectivity index (χ1) is 9.58. The second kappa shape index (κ2) is 5.40. The Hall–Kier alpha value is -1.02. The molecule has 110 valence electrons. The van der Waals surface area contributed by atoms with Gasteiger partial charge in [0.2, 0.25) is 0 Å². The van der Waals surface area contributed by atoms with Crippen LogP contribution in [-0.4, -0.2) is 18.6 Å². The van der Waals surface area contributed by atoms with E-state index in [1.807, 2.05) is 0 Å². The molecule has 0 spiro atoms. The van der Waals surface area contributed by atoms with Crippen LogP contribution >= 0.6 is 0 Å². The molecule has 1 N–H and O–H groups in total. The number of hydrogen-bond acceptors (Lipinski definition) is 2. The van der Waals surface area contributed by atoms with Crippen molar-refractivity contribution >= 4 is 5.69 Å². The Bertz CT molecular complexity index is 464. The molecule has 20 heavy (non-hydrogen) atoms. The second-order valence-corrected chi connectivity index (χ2v) is 7.28. The number of rotatable bonds is 4. The standard InChI is InChI=1S/C18H28N2/c1-14(2)10-11-20-13-18(3,16-8-9-16)19-12-15-6-4-5-7-17(15)20/h4-7,14,16,19H,8-13H2,1-3H3. The lowest BCUT2D eigenvalue weighted by atomic mass is 9.95. The number of fused-ring (bicyclic) bond motifs is 1. The lowest BCUT2D eigenvalue weighted by molar-refractivity contribution is 0.315. The molecule has 1 aromatic carbocycles. The zero-order valence-corrected chi connectivity index (χ0v) is 13.2. The van der Waals surface area contributed by atoms with Crippen molar-refractivity contribution < 1.29 is 0 Å². The normalized spacial score (nSPS) is 26.5. The van der Waals surface area contributed by atoms with E-state index >= 15 is 0 Å². The highest BCUT2D eigenvalue weighted by molar-refractivity contribution is 5.55. The topological polar surface area (TPSA) is 15.3 Å². The van der Waals surface area contributed by atoms with E-state index in [-0.39, 0.29) is 5.54 Å². The average Bonchev–Trinajstić information content (AvgIpc) is 3.25. The highest BCUT2D eigenvalue weighted by Gasteiger charge is 2.43. The van der Waals surface area contributed by atoms with Crippen LogP contribution in [0.5, 0.6) is 0 Å². The van der Waals surface area contributed by atoms with Gasteiger partial charge in [-0.15, -0.1) is 0 Å². The van der Waals surface area contributed by atoms with Gasteiger partial charge in [0.1, 0.15) is 0 Å². The summed E-state index contributed by atoms with van der Waals surface area (Å²) in [4.78, 5) is 2.63. The van der Waals surface area contributed by atoms with Gasteiger partial charge in [-0.2, -0.15) is 0 Å². The Kier molecular flexibility index (Phi) is 3.76. The third-order valence-corrected chi connectivity index (χ3v) is 4.99. The summed E-state index contributed by atoms with van der Waals surface area (Å²) in [5, 5.41) is 3.85. The number of hydrogen-bond donors (Lipinski definition) is 1. The Morgan fingerprint density at radius 2 is 2.05 bits per heavy atom. The third-order valence-electron chi connectivity index (χ3n) is 4.99. The molecule has 1 aliphatic carbocycles. The molecule has 0 radical (unpaired) electrons. The van der Waals surface area contributed by atoms with Gasteiger partial charge in [0.25, 0.3) is 0 Å². The van der Waals surface area contributed by atoms with Crippen molar-refractivity contribution in [3.63, 3.8) is 0 Å². The molecular weight excluding hydrogens is 244 g/mol. The van der Waals surface area contributed by atoms with E-state index in [1.165, 1.54) is 37.1 Å². The molecule has 1 aliphatic heterocycles. The van der Waals surface area contributed by atoms with E-state index in [0.717, 1.165) is 24.9 Å². The summed E-state index contributed by atoms with van der Waals surface area (Å²) in [5.41, 5.74) is 3.20. The molecule has 1 fully saturated rings. The van der Waals surface area contributed by atoms with E-state index in [0.29, 0.717) is 0 Å². The summed E-state index contributed by atoms with van der Waals surface area (Å²) >= 11 is 0. The molecule has 1 atom stereocenters. The second-order valence-electron chi connectivity index (χ2n) is 7.28. The molecular formula is C18H28N2. The quantitative estimate of drug-likeness (QED) is 0.896. The SMILES string of the molecule is CC(C)CCN1CC(C)(C2CC2)NCc2ccccc21. The van der Waals surface area contributed by atoms with Crippen LogP contribution in [0.4, 0.5) is 5.69 Å². The Morgan fingerprint density at radius 3 is 2.75 bits per heavy atom. The molecule has 0 amide bonds. The molecule has 3 rings (SSSR count). The van der Waals surface area contributed by atoms with E-state index in [2.05, 4.69) is 55.3 Å². The smallest absolute Gasteiger partial charge is 0.0412 e. The van der Waals surface area contributed by atoms with Crippen molar-refractivity contribution in [1.82, 2.24) is 5.32 Å². The van der Waals surface area contributed by atoms with Crippen LogP contribution in [0.2, 0.25) is 0 Å². The fraction of sp³-hybridized carbons (Fsp3) is 0.667. The summed E-state index contributed by atoms with van der Waals surface area (Å²) in [6.45, 7) is 10.4. The molecule has 2 heteroatoms. The van der Waals surface area contributed by atoms with Crippen molar-refractivity contribution in [1.29, 1.82) is 0 Å². The maximum atomic E-state index is 3.85. The van der Waals surface area contributed by atoms with Gasteiger partial charge in [-0.05, 0) is 49.7 Å². The lowest BCUT2D eigenvalue weighted by Gasteiger charge is -2.35. The largest absolute Gasteiger partial charge is 0.369 e. The van der Waals surface area contributed by atoms with Crippen LogP contribution in [0.1, 0.15) is 45.6 Å². The Morgan fingerprint density at radius 1 is 1.30 bits per heavy atom. The van der Waals surface area contributed by atoms with Crippen LogP contribution < -0.4 is 10.2 Å². The number of para-hydroxylation sites is 1. The molecule has 0 aromatic heterocycles. The third kappa shape index (κ3) is 2.85. The molecule has 1 unspecified atom stereocenters. The molecule has 1 aromatic rings. The van der Waals surface area contributed by atoms with Crippen LogP contribution in [0, 0.1) is 11.8 Å². The zero-order chi connectivity index (χ0) is 14.2. The number of benzene rings is 1. The van der Waals surface area contributed by atoms with Crippen LogP contribution in [-0.2, 0) is 6.54 Å². The van der Waals surface area contributed by atoms with Gasteiger partial charge >= 0.3 is 0 Å². The minimum Gasteiger partial charge on any atom is -0.369 e. The van der Waals surface area contributed by atoms with Gasteiger partial charge in [-0.3, -0.25) is 0 Å². The van der Waals surface area contributed by atoms with Crippen LogP contribution in [0.15, 0.2) is 24.3 Å². The summed E-state index contributed by atoms with van der Waals surface area (Å²) in [6, 6.07) is 8.93. The summed E-state index contributed by atoms with van der Waals surface area (Å²) in [5.74, 6) is 1.64. The molecule has 1 saturated carbocycles. The van der Waals surface area contributed by atoms with Crippen molar-refractivity contribution in [2.24, 2.45) is 11.8 Å². The van der Waals surface area contributed by atoms with Crippen molar-refractivity contribution in [3.8, 4) is 0 Å². The Labute approximate surface area is 123 Å². The van der Waals surface area contributed by atoms with Gasteiger partial charge in [0, 0.05) is 30.9 Å². The number of anilines is 1. The summed E-state index contributed by atoms with van der Waals surface area (Å²) in [6.07, 6.45) is 4.07. The highest BCUT2D eigenvalue weighted by atomic mass is 15.2. The van der Waals surface area contributed by atoms with Crippen molar-refractivity contribution in [2.45, 2.75) is 52.1 Å². The van der Waals surface area contributed by atoms with Crippen LogP contribution in [0.25, 0.3) is 0 Å². The maximum absolute atomic E-state index is 3.85. The first-order valence-corrected chi connectivity index (χ1v) is 8.16. The average molecular weight is 272 g/mol. The van der Waals surface area contributed by atoms with Gasteiger partial charge in [-0.1, -0.05) is 32.0 Å². The molecule has 0 bridgehead atoms. The first-order valence-electron chi connectivity index (χ1n) is 8.16. The van der Waals surface area contributed by atoms with Crippen molar-refractivity contribution in [2.75, 3.05) is 18.0 Å². The number of nitrogens with zero attached hydrogens (tertiary/aromatic N) is 1. The monoisotopic (exact) mass is 272 g/mol. The fourth-order valence-corrected chi connectivity index (χ4v) is 3.41. The minimum absolute atomic E-state index is 0.288. The lowest BCUT2D eigenvalue weighted by Crippen LogP contribution is -2.51. The van der Waals surface area contributed by atoms with Crippen LogP contribution in [0.3, 0.4) is 0 Å². The van der Waals surface area contributed by atoms with E-state index in [4.69, 9.17) is 0 Å². The first kappa shape index (κ1) is 13.9. The molecule has 0 saturated heterocycles. The molecule has 2 aliphatic rings. The van der Waals surface area contributed by atoms with Gasteiger partial charge < -0.3 is 10.2 Å². The van der Waals surface area contributed by atoms with Crippen molar-refractivity contribution in [3.05, 3.63) is 29.8 Å². The number of nitrogens with one attached hydrogen (secondary N) is 1. The van der Waals surface area contributed by atoms with Gasteiger partial charge in [0.05, 0.1) is 0 Å². The minimum atomic E-state index is 0.288. The molecule has 2 nitrogen and oxygen atoms in total. The summed E-state index contributed by atoms with van der Waals surface area (Å²) in [7, 11) is 0. The predicted octanol–water partition coefficient (Wildman–Crippen LogP) is 3.81. The predicted molar refractivity (Wildman–Crippen MR) is 86.1 cm³/mol. The summed E-state index contributed by atoms with van der Waals surface area (Å²) < 4.78 is 0. The maximum Gasteiger partial charge on any atom is 0.0412 e. The van der Waals surface area contributed by atoms with E-state index < -0.39 is 0 Å².